The van der Waals surface area contributed by atoms with Crippen molar-refractivity contribution < 1.29 is 14.3 Å². The third-order valence-electron chi connectivity index (χ3n) is 3.26. The van der Waals surface area contributed by atoms with Gasteiger partial charge in [0, 0.05) is 23.6 Å². The number of aromatic nitrogens is 2. The number of rotatable bonds is 5. The molecule has 0 saturated carbocycles. The third kappa shape index (κ3) is 3.07. The maximum Gasteiger partial charge on any atom is 0.251 e. The molecule has 0 saturated heterocycles. The highest BCUT2D eigenvalue weighted by Gasteiger charge is 2.12. The topological polar surface area (TPSA) is 80.3 Å². The summed E-state index contributed by atoms with van der Waals surface area (Å²) >= 11 is 0. The Bertz CT molecular complexity index is 719. The number of nitrogens with zero attached hydrogens (tertiary/aromatic N) is 2. The summed E-state index contributed by atoms with van der Waals surface area (Å²) in [4.78, 5) is 16.0. The lowest BCUT2D eigenvalue weighted by Gasteiger charge is -2.10. The first-order valence-corrected chi connectivity index (χ1v) is 6.82. The molecule has 0 aliphatic rings. The van der Waals surface area contributed by atoms with E-state index in [-0.39, 0.29) is 12.5 Å². The van der Waals surface area contributed by atoms with E-state index in [1.54, 1.807) is 36.8 Å². The molecule has 22 heavy (non-hydrogen) atoms. The molecule has 112 valence electrons. The molecule has 6 nitrogen and oxygen atoms in total. The molecule has 0 aliphatic carbocycles. The van der Waals surface area contributed by atoms with Gasteiger partial charge in [-0.15, -0.1) is 0 Å². The van der Waals surface area contributed by atoms with Crippen molar-refractivity contribution in [2.45, 2.75) is 6.10 Å². The number of hydrogen-bond acceptors (Lipinski definition) is 4. The summed E-state index contributed by atoms with van der Waals surface area (Å²) in [6.07, 6.45) is 5.83. The molecule has 0 bridgehead atoms. The summed E-state index contributed by atoms with van der Waals surface area (Å²) in [5.41, 5.74) is 1.44. The van der Waals surface area contributed by atoms with Gasteiger partial charge in [0.05, 0.1) is 19.1 Å². The van der Waals surface area contributed by atoms with E-state index in [1.165, 1.54) is 6.26 Å². The average molecular weight is 297 g/mol. The van der Waals surface area contributed by atoms with Crippen LogP contribution in [0.4, 0.5) is 0 Å². The van der Waals surface area contributed by atoms with Crippen molar-refractivity contribution in [2.24, 2.45) is 0 Å². The average Bonchev–Trinajstić information content (AvgIpc) is 3.25. The van der Waals surface area contributed by atoms with Crippen LogP contribution in [-0.2, 0) is 0 Å². The van der Waals surface area contributed by atoms with Gasteiger partial charge in [-0.25, -0.2) is 4.98 Å². The maximum absolute atomic E-state index is 12.0. The van der Waals surface area contributed by atoms with Crippen LogP contribution in [0, 0.1) is 0 Å². The number of benzene rings is 1. The van der Waals surface area contributed by atoms with Gasteiger partial charge in [0.1, 0.15) is 11.9 Å². The lowest BCUT2D eigenvalue weighted by molar-refractivity contribution is 0.0901. The van der Waals surface area contributed by atoms with Gasteiger partial charge >= 0.3 is 0 Å². The minimum Gasteiger partial charge on any atom is -0.467 e. The predicted molar refractivity (Wildman–Crippen MR) is 79.6 cm³/mol. The summed E-state index contributed by atoms with van der Waals surface area (Å²) in [7, 11) is 0. The van der Waals surface area contributed by atoms with E-state index in [4.69, 9.17) is 4.42 Å². The van der Waals surface area contributed by atoms with E-state index in [0.29, 0.717) is 11.3 Å². The first kappa shape index (κ1) is 14.1. The summed E-state index contributed by atoms with van der Waals surface area (Å²) in [5, 5.41) is 12.5. The fourth-order valence-corrected chi connectivity index (χ4v) is 2.07. The second kappa shape index (κ2) is 6.28. The summed E-state index contributed by atoms with van der Waals surface area (Å²) < 4.78 is 6.93. The van der Waals surface area contributed by atoms with Crippen molar-refractivity contribution >= 4 is 5.91 Å². The molecule has 1 atom stereocenters. The fraction of sp³-hybridized carbons (Fsp3) is 0.125. The van der Waals surface area contributed by atoms with E-state index in [1.807, 2.05) is 22.9 Å². The lowest BCUT2D eigenvalue weighted by Crippen LogP contribution is -2.28. The zero-order valence-corrected chi connectivity index (χ0v) is 11.7. The number of hydrogen-bond donors (Lipinski definition) is 2. The molecule has 3 aromatic rings. The van der Waals surface area contributed by atoms with Gasteiger partial charge < -0.3 is 19.4 Å². The Kier molecular flexibility index (Phi) is 4.02. The van der Waals surface area contributed by atoms with E-state index in [2.05, 4.69) is 10.3 Å². The molecule has 1 aromatic carbocycles. The first-order valence-electron chi connectivity index (χ1n) is 6.82. The molecule has 3 rings (SSSR count). The molecule has 2 N–H and O–H groups in total. The highest BCUT2D eigenvalue weighted by molar-refractivity contribution is 5.94. The second-order valence-corrected chi connectivity index (χ2v) is 4.76. The van der Waals surface area contributed by atoms with Crippen LogP contribution in [0.15, 0.2) is 65.8 Å². The highest BCUT2D eigenvalue weighted by Crippen LogP contribution is 2.13. The summed E-state index contributed by atoms with van der Waals surface area (Å²) in [5.74, 6) is 0.179. The zero-order valence-electron chi connectivity index (χ0n) is 11.7. The molecular formula is C16H15N3O3. The van der Waals surface area contributed by atoms with Gasteiger partial charge in [-0.05, 0) is 36.4 Å². The van der Waals surface area contributed by atoms with Crippen LogP contribution in [0.5, 0.6) is 0 Å². The summed E-state index contributed by atoms with van der Waals surface area (Å²) in [6.45, 7) is 0.0929. The second-order valence-electron chi connectivity index (χ2n) is 4.76. The Hall–Kier alpha value is -2.86. The molecule has 2 aromatic heterocycles. The van der Waals surface area contributed by atoms with Crippen molar-refractivity contribution in [3.8, 4) is 5.69 Å². The minimum atomic E-state index is -0.857. The van der Waals surface area contributed by atoms with E-state index < -0.39 is 6.10 Å². The standard InChI is InChI=1S/C16H15N3O3/c20-14(15-2-1-9-22-15)10-18-16(21)12-3-5-13(6-4-12)19-8-7-17-11-19/h1-9,11,14,20H,10H2,(H,18,21). The number of carbonyl (C=O) groups is 1. The highest BCUT2D eigenvalue weighted by atomic mass is 16.4. The van der Waals surface area contributed by atoms with Crippen molar-refractivity contribution in [3.63, 3.8) is 0 Å². The summed E-state index contributed by atoms with van der Waals surface area (Å²) in [6, 6.07) is 10.5. The Morgan fingerprint density at radius 3 is 2.77 bits per heavy atom. The predicted octanol–water partition coefficient (Wildman–Crippen LogP) is 1.93. The van der Waals surface area contributed by atoms with Crippen LogP contribution in [0.2, 0.25) is 0 Å². The quantitative estimate of drug-likeness (QED) is 0.754. The number of imidazole rings is 1. The van der Waals surface area contributed by atoms with E-state index >= 15 is 0 Å². The van der Waals surface area contributed by atoms with Crippen LogP contribution in [-0.4, -0.2) is 27.1 Å². The molecule has 1 unspecified atom stereocenters. The Balaban J connectivity index is 1.60. The fourth-order valence-electron chi connectivity index (χ4n) is 2.07. The van der Waals surface area contributed by atoms with E-state index in [9.17, 15) is 9.90 Å². The first-order chi connectivity index (χ1) is 10.7. The van der Waals surface area contributed by atoms with Crippen LogP contribution in [0.1, 0.15) is 22.2 Å². The van der Waals surface area contributed by atoms with Crippen LogP contribution in [0.3, 0.4) is 0 Å². The monoisotopic (exact) mass is 297 g/mol. The molecule has 1 amide bonds. The number of nitrogens with one attached hydrogen (secondary N) is 1. The van der Waals surface area contributed by atoms with Crippen molar-refractivity contribution in [2.75, 3.05) is 6.54 Å². The molecule has 0 spiro atoms. The minimum absolute atomic E-state index is 0.0929. The van der Waals surface area contributed by atoms with E-state index in [0.717, 1.165) is 5.69 Å². The van der Waals surface area contributed by atoms with Crippen molar-refractivity contribution in [1.29, 1.82) is 0 Å². The zero-order chi connectivity index (χ0) is 15.4. The number of aliphatic hydroxyl groups is 1. The Morgan fingerprint density at radius 1 is 1.32 bits per heavy atom. The Labute approximate surface area is 127 Å². The van der Waals surface area contributed by atoms with Gasteiger partial charge in [-0.3, -0.25) is 4.79 Å². The van der Waals surface area contributed by atoms with Gasteiger partial charge in [-0.1, -0.05) is 0 Å². The van der Waals surface area contributed by atoms with Gasteiger partial charge in [0.25, 0.3) is 5.91 Å². The molecule has 2 heterocycles. The maximum atomic E-state index is 12.0. The van der Waals surface area contributed by atoms with Crippen LogP contribution >= 0.6 is 0 Å². The van der Waals surface area contributed by atoms with Crippen molar-refractivity contribution in [3.05, 3.63) is 72.7 Å². The molecular weight excluding hydrogens is 282 g/mol. The molecule has 0 fully saturated rings. The number of amides is 1. The number of aliphatic hydroxyl groups excluding tert-OH is 1. The molecule has 0 radical (unpaired) electrons. The van der Waals surface area contributed by atoms with Gasteiger partial charge in [-0.2, -0.15) is 0 Å². The van der Waals surface area contributed by atoms with Gasteiger partial charge in [0.15, 0.2) is 0 Å². The lowest BCUT2D eigenvalue weighted by atomic mass is 10.2. The molecule has 0 aliphatic heterocycles. The SMILES string of the molecule is O=C(NCC(O)c1ccco1)c1ccc(-n2ccnc2)cc1. The van der Waals surface area contributed by atoms with Crippen molar-refractivity contribution in [1.82, 2.24) is 14.9 Å². The van der Waals surface area contributed by atoms with Crippen LogP contribution in [0.25, 0.3) is 5.69 Å². The number of furan rings is 1. The largest absolute Gasteiger partial charge is 0.467 e. The smallest absolute Gasteiger partial charge is 0.251 e. The molecule has 6 heteroatoms. The number of carbonyl (C=O) groups excluding carboxylic acids is 1. The third-order valence-corrected chi connectivity index (χ3v) is 3.26. The van der Waals surface area contributed by atoms with Gasteiger partial charge in [0.2, 0.25) is 0 Å². The Morgan fingerprint density at radius 2 is 2.14 bits per heavy atom. The van der Waals surface area contributed by atoms with Crippen LogP contribution < -0.4 is 5.32 Å². The normalized spacial score (nSPS) is 12.0.